The molecule has 0 radical (unpaired) electrons. The average Bonchev–Trinajstić information content (AvgIpc) is 3.04. The van der Waals surface area contributed by atoms with Gasteiger partial charge in [0.05, 0.1) is 6.20 Å². The van der Waals surface area contributed by atoms with E-state index in [-0.39, 0.29) is 11.7 Å². The fraction of sp³-hybridized carbons (Fsp3) is 0.471. The van der Waals surface area contributed by atoms with Gasteiger partial charge >= 0.3 is 0 Å². The van der Waals surface area contributed by atoms with Crippen molar-refractivity contribution in [3.05, 3.63) is 36.2 Å². The molecule has 5 heteroatoms. The lowest BCUT2D eigenvalue weighted by Crippen LogP contribution is -2.13. The van der Waals surface area contributed by atoms with Gasteiger partial charge in [-0.2, -0.15) is 10.4 Å². The minimum atomic E-state index is 0.116. The maximum Gasteiger partial charge on any atom is 0.158 e. The maximum atomic E-state index is 11.7. The zero-order valence-corrected chi connectivity index (χ0v) is 13.0. The quantitative estimate of drug-likeness (QED) is 0.590. The molecule has 0 spiro atoms. The van der Waals surface area contributed by atoms with Crippen molar-refractivity contribution in [3.63, 3.8) is 0 Å². The molecule has 1 aromatic rings. The second kappa shape index (κ2) is 7.60. The van der Waals surface area contributed by atoms with Crippen LogP contribution in [0.2, 0.25) is 0 Å². The van der Waals surface area contributed by atoms with Crippen LogP contribution in [-0.4, -0.2) is 15.6 Å². The highest BCUT2D eigenvalue weighted by Crippen LogP contribution is 2.29. The van der Waals surface area contributed by atoms with Gasteiger partial charge in [0, 0.05) is 30.7 Å². The second-order valence-electron chi connectivity index (χ2n) is 5.57. The number of ketones is 1. The van der Waals surface area contributed by atoms with Crippen molar-refractivity contribution < 1.29 is 4.79 Å². The van der Waals surface area contributed by atoms with Gasteiger partial charge in [-0.05, 0) is 12.8 Å². The molecule has 1 N–H and O–H groups in total. The van der Waals surface area contributed by atoms with Crippen LogP contribution in [0.4, 0.5) is 5.82 Å². The van der Waals surface area contributed by atoms with Crippen LogP contribution >= 0.6 is 0 Å². The number of anilines is 1. The largest absolute Gasteiger partial charge is 0.342 e. The van der Waals surface area contributed by atoms with Gasteiger partial charge < -0.3 is 5.32 Å². The number of aromatic nitrogens is 2. The Morgan fingerprint density at radius 3 is 3.09 bits per heavy atom. The van der Waals surface area contributed by atoms with Gasteiger partial charge in [-0.25, -0.2) is 4.68 Å². The van der Waals surface area contributed by atoms with Crippen LogP contribution in [0.3, 0.4) is 0 Å². The SMILES string of the molecule is C=CCC1CC(=O)C=C1Nc1c(C#N)cnn1CCCCC. The Bertz CT molecular complexity index is 621. The monoisotopic (exact) mass is 298 g/mol. The van der Waals surface area contributed by atoms with E-state index >= 15 is 0 Å². The molecule has 22 heavy (non-hydrogen) atoms. The van der Waals surface area contributed by atoms with E-state index in [4.69, 9.17) is 0 Å². The summed E-state index contributed by atoms with van der Waals surface area (Å²) < 4.78 is 1.82. The minimum Gasteiger partial charge on any atom is -0.342 e. The predicted octanol–water partition coefficient (Wildman–Crippen LogP) is 3.41. The van der Waals surface area contributed by atoms with Gasteiger partial charge in [-0.3, -0.25) is 4.79 Å². The molecular weight excluding hydrogens is 276 g/mol. The Morgan fingerprint density at radius 1 is 1.59 bits per heavy atom. The van der Waals surface area contributed by atoms with Gasteiger partial charge in [-0.1, -0.05) is 25.8 Å². The molecule has 0 amide bonds. The van der Waals surface area contributed by atoms with E-state index in [2.05, 4.69) is 30.0 Å². The number of allylic oxidation sites excluding steroid dienone is 3. The van der Waals surface area contributed by atoms with Crippen molar-refractivity contribution in [1.29, 1.82) is 5.26 Å². The number of unbranched alkanes of at least 4 members (excludes halogenated alkanes) is 2. The van der Waals surface area contributed by atoms with E-state index < -0.39 is 0 Å². The van der Waals surface area contributed by atoms with E-state index in [0.29, 0.717) is 17.8 Å². The topological polar surface area (TPSA) is 70.7 Å². The molecule has 1 heterocycles. The van der Waals surface area contributed by atoms with Crippen molar-refractivity contribution in [2.75, 3.05) is 5.32 Å². The third-order valence-electron chi connectivity index (χ3n) is 3.85. The van der Waals surface area contributed by atoms with Crippen molar-refractivity contribution in [2.24, 2.45) is 5.92 Å². The molecule has 0 saturated heterocycles. The lowest BCUT2D eigenvalue weighted by molar-refractivity contribution is -0.114. The zero-order valence-electron chi connectivity index (χ0n) is 13.0. The van der Waals surface area contributed by atoms with Crippen molar-refractivity contribution in [2.45, 2.75) is 45.6 Å². The fourth-order valence-corrected chi connectivity index (χ4v) is 2.67. The lowest BCUT2D eigenvalue weighted by Gasteiger charge is -2.16. The molecule has 0 aromatic carbocycles. The van der Waals surface area contributed by atoms with E-state index in [0.717, 1.165) is 37.9 Å². The highest BCUT2D eigenvalue weighted by molar-refractivity contribution is 5.94. The Kier molecular flexibility index (Phi) is 5.54. The van der Waals surface area contributed by atoms with Gasteiger partial charge in [0.15, 0.2) is 5.78 Å². The molecule has 0 aliphatic heterocycles. The van der Waals surface area contributed by atoms with Gasteiger partial charge in [-0.15, -0.1) is 6.58 Å². The number of hydrogen-bond donors (Lipinski definition) is 1. The molecule has 0 saturated carbocycles. The van der Waals surface area contributed by atoms with E-state index in [1.54, 1.807) is 12.3 Å². The summed E-state index contributed by atoms with van der Waals surface area (Å²) >= 11 is 0. The first kappa shape index (κ1) is 16.0. The van der Waals surface area contributed by atoms with Crippen molar-refractivity contribution >= 4 is 11.6 Å². The second-order valence-corrected chi connectivity index (χ2v) is 5.57. The predicted molar refractivity (Wildman–Crippen MR) is 86.1 cm³/mol. The van der Waals surface area contributed by atoms with E-state index in [1.807, 2.05) is 10.8 Å². The summed E-state index contributed by atoms with van der Waals surface area (Å²) in [6.45, 7) is 6.67. The highest BCUT2D eigenvalue weighted by Gasteiger charge is 2.25. The van der Waals surface area contributed by atoms with E-state index in [9.17, 15) is 10.1 Å². The number of nitrogens with zero attached hydrogens (tertiary/aromatic N) is 3. The summed E-state index contributed by atoms with van der Waals surface area (Å²) in [7, 11) is 0. The number of carbonyl (C=O) groups excluding carboxylic acids is 1. The lowest BCUT2D eigenvalue weighted by atomic mass is 10.0. The van der Waals surface area contributed by atoms with Crippen LogP contribution in [-0.2, 0) is 11.3 Å². The number of aryl methyl sites for hydroxylation is 1. The summed E-state index contributed by atoms with van der Waals surface area (Å²) in [5.41, 5.74) is 1.37. The standard InChI is InChI=1S/C17H22N4O/c1-3-5-6-8-21-17(14(11-18)12-19-21)20-16-10-15(22)9-13(16)7-4-2/h4,10,12-13,20H,2-3,5-9H2,1H3. The van der Waals surface area contributed by atoms with Gasteiger partial charge in [0.2, 0.25) is 0 Å². The normalized spacial score (nSPS) is 17.2. The molecule has 1 atom stereocenters. The van der Waals surface area contributed by atoms with Crippen molar-refractivity contribution in [1.82, 2.24) is 9.78 Å². The fourth-order valence-electron chi connectivity index (χ4n) is 2.67. The molecule has 1 aromatic heterocycles. The number of nitriles is 1. The third kappa shape index (κ3) is 3.64. The molecule has 1 unspecified atom stereocenters. The Morgan fingerprint density at radius 2 is 2.41 bits per heavy atom. The van der Waals surface area contributed by atoms with E-state index in [1.165, 1.54) is 0 Å². The third-order valence-corrected chi connectivity index (χ3v) is 3.85. The first-order valence-corrected chi connectivity index (χ1v) is 7.77. The van der Waals surface area contributed by atoms with Crippen LogP contribution in [0, 0.1) is 17.2 Å². The molecule has 1 aliphatic carbocycles. The van der Waals surface area contributed by atoms with Crippen LogP contribution in [0.1, 0.15) is 44.6 Å². The molecular formula is C17H22N4O. The van der Waals surface area contributed by atoms with Crippen LogP contribution < -0.4 is 5.32 Å². The summed E-state index contributed by atoms with van der Waals surface area (Å²) in [5, 5.41) is 16.8. The Balaban J connectivity index is 2.18. The van der Waals surface area contributed by atoms with Crippen molar-refractivity contribution in [3.8, 4) is 6.07 Å². The summed E-state index contributed by atoms with van der Waals surface area (Å²) in [5.74, 6) is 0.925. The Labute approximate surface area is 131 Å². The molecule has 5 nitrogen and oxygen atoms in total. The summed E-state index contributed by atoms with van der Waals surface area (Å²) in [4.78, 5) is 11.7. The summed E-state index contributed by atoms with van der Waals surface area (Å²) in [6.07, 6.45) is 9.56. The molecule has 0 fully saturated rings. The molecule has 116 valence electrons. The molecule has 2 rings (SSSR count). The first-order chi connectivity index (χ1) is 10.7. The number of nitrogens with one attached hydrogen (secondary N) is 1. The number of rotatable bonds is 8. The number of hydrogen-bond acceptors (Lipinski definition) is 4. The minimum absolute atomic E-state index is 0.116. The van der Waals surface area contributed by atoms with Gasteiger partial charge in [0.1, 0.15) is 17.5 Å². The highest BCUT2D eigenvalue weighted by atomic mass is 16.1. The van der Waals surface area contributed by atoms with Gasteiger partial charge in [0.25, 0.3) is 0 Å². The van der Waals surface area contributed by atoms with Crippen LogP contribution in [0.5, 0.6) is 0 Å². The zero-order chi connectivity index (χ0) is 15.9. The molecule has 0 bridgehead atoms. The van der Waals surface area contributed by atoms with Crippen LogP contribution in [0.25, 0.3) is 0 Å². The number of carbonyl (C=O) groups is 1. The van der Waals surface area contributed by atoms with Crippen LogP contribution in [0.15, 0.2) is 30.6 Å². The molecule has 1 aliphatic rings. The summed E-state index contributed by atoms with van der Waals surface area (Å²) in [6, 6.07) is 2.16. The first-order valence-electron chi connectivity index (χ1n) is 7.77. The average molecular weight is 298 g/mol. The maximum absolute atomic E-state index is 11.7. The smallest absolute Gasteiger partial charge is 0.158 e. The Hall–Kier alpha value is -2.35.